The Balaban J connectivity index is 1.33. The molecular formula is C21H20FN5O2S. The van der Waals surface area contributed by atoms with Crippen molar-refractivity contribution in [2.24, 2.45) is 0 Å². The van der Waals surface area contributed by atoms with Crippen LogP contribution in [-0.4, -0.2) is 57.9 Å². The number of thiazole rings is 1. The van der Waals surface area contributed by atoms with E-state index < -0.39 is 5.82 Å². The van der Waals surface area contributed by atoms with E-state index in [1.165, 1.54) is 17.4 Å². The molecule has 3 aromatic rings. The van der Waals surface area contributed by atoms with Crippen LogP contribution in [0.1, 0.15) is 15.9 Å². The second-order valence-electron chi connectivity index (χ2n) is 6.95. The lowest BCUT2D eigenvalue weighted by Gasteiger charge is -2.34. The summed E-state index contributed by atoms with van der Waals surface area (Å²) in [7, 11) is 0. The molecule has 1 aliphatic heterocycles. The molecular weight excluding hydrogens is 405 g/mol. The van der Waals surface area contributed by atoms with E-state index >= 15 is 0 Å². The maximum absolute atomic E-state index is 13.8. The highest BCUT2D eigenvalue weighted by Gasteiger charge is 2.25. The van der Waals surface area contributed by atoms with Crippen LogP contribution in [0.2, 0.25) is 0 Å². The largest absolute Gasteiger partial charge is 0.335 e. The summed E-state index contributed by atoms with van der Waals surface area (Å²) in [4.78, 5) is 36.9. The summed E-state index contributed by atoms with van der Waals surface area (Å²) in [5.74, 6) is -0.622. The zero-order valence-corrected chi connectivity index (χ0v) is 17.2. The molecule has 7 nitrogen and oxygen atoms in total. The highest BCUT2D eigenvalue weighted by atomic mass is 32.1. The van der Waals surface area contributed by atoms with Gasteiger partial charge in [-0.1, -0.05) is 6.07 Å². The Labute approximate surface area is 177 Å². The van der Waals surface area contributed by atoms with Gasteiger partial charge in [0.05, 0.1) is 5.69 Å². The topological polar surface area (TPSA) is 78.4 Å². The molecule has 2 aromatic heterocycles. The molecule has 0 aliphatic carbocycles. The minimum atomic E-state index is -0.395. The molecule has 0 radical (unpaired) electrons. The van der Waals surface area contributed by atoms with E-state index in [2.05, 4.69) is 15.3 Å². The van der Waals surface area contributed by atoms with Gasteiger partial charge in [0.15, 0.2) is 5.13 Å². The molecule has 30 heavy (non-hydrogen) atoms. The van der Waals surface area contributed by atoms with Crippen molar-refractivity contribution in [1.82, 2.24) is 19.8 Å². The van der Waals surface area contributed by atoms with Gasteiger partial charge >= 0.3 is 6.03 Å². The number of hydrogen-bond acceptors (Lipinski definition) is 5. The molecule has 1 aromatic carbocycles. The lowest BCUT2D eigenvalue weighted by molar-refractivity contribution is 0.0671. The Morgan fingerprint density at radius 2 is 1.90 bits per heavy atom. The molecule has 0 atom stereocenters. The molecule has 154 valence electrons. The summed E-state index contributed by atoms with van der Waals surface area (Å²) < 4.78 is 13.8. The number of benzene rings is 1. The van der Waals surface area contributed by atoms with Gasteiger partial charge in [0.2, 0.25) is 0 Å². The van der Waals surface area contributed by atoms with Crippen molar-refractivity contribution >= 4 is 28.4 Å². The van der Waals surface area contributed by atoms with Crippen molar-refractivity contribution in [2.75, 3.05) is 31.5 Å². The first-order valence-electron chi connectivity index (χ1n) is 9.48. The van der Waals surface area contributed by atoms with E-state index in [0.717, 1.165) is 11.3 Å². The standard InChI is InChI=1S/C21H20FN5O2S/c1-14-4-5-15(11-17(14)22)19(28)26-7-9-27(10-8-26)21(29)25-20-24-18(13-30-20)16-3-2-6-23-12-16/h2-6,11-13H,7-10H2,1H3,(H,24,25,29). The molecule has 1 aliphatic rings. The number of amides is 3. The van der Waals surface area contributed by atoms with Gasteiger partial charge in [-0.3, -0.25) is 15.1 Å². The number of rotatable bonds is 3. The monoisotopic (exact) mass is 425 g/mol. The van der Waals surface area contributed by atoms with Crippen LogP contribution in [0.4, 0.5) is 14.3 Å². The summed E-state index contributed by atoms with van der Waals surface area (Å²) in [6.07, 6.45) is 3.41. The molecule has 0 unspecified atom stereocenters. The number of anilines is 1. The van der Waals surface area contributed by atoms with Crippen LogP contribution < -0.4 is 5.32 Å². The Kier molecular flexibility index (Phi) is 5.71. The second kappa shape index (κ2) is 8.58. The fourth-order valence-electron chi connectivity index (χ4n) is 3.17. The van der Waals surface area contributed by atoms with Crippen LogP contribution in [0.3, 0.4) is 0 Å². The summed E-state index contributed by atoms with van der Waals surface area (Å²) >= 11 is 1.34. The molecule has 3 amide bonds. The molecule has 1 fully saturated rings. The third-order valence-corrected chi connectivity index (χ3v) is 5.71. The van der Waals surface area contributed by atoms with E-state index in [1.54, 1.807) is 41.2 Å². The molecule has 1 N–H and O–H groups in total. The van der Waals surface area contributed by atoms with Crippen LogP contribution in [-0.2, 0) is 0 Å². The molecule has 0 spiro atoms. The van der Waals surface area contributed by atoms with Gasteiger partial charge in [-0.25, -0.2) is 14.2 Å². The molecule has 0 bridgehead atoms. The van der Waals surface area contributed by atoms with Crippen LogP contribution in [0.15, 0.2) is 48.1 Å². The predicted octanol–water partition coefficient (Wildman–Crippen LogP) is 3.64. The number of carbonyl (C=O) groups excluding carboxylic acids is 2. The van der Waals surface area contributed by atoms with Crippen LogP contribution >= 0.6 is 11.3 Å². The van der Waals surface area contributed by atoms with E-state index in [0.29, 0.717) is 42.4 Å². The van der Waals surface area contributed by atoms with Crippen molar-refractivity contribution in [2.45, 2.75) is 6.92 Å². The Morgan fingerprint density at radius 1 is 1.13 bits per heavy atom. The van der Waals surface area contributed by atoms with Crippen molar-refractivity contribution in [3.63, 3.8) is 0 Å². The number of aryl methyl sites for hydroxylation is 1. The average Bonchev–Trinajstić information content (AvgIpc) is 3.24. The van der Waals surface area contributed by atoms with E-state index in [-0.39, 0.29) is 11.9 Å². The van der Waals surface area contributed by atoms with Crippen molar-refractivity contribution in [3.05, 3.63) is 65.0 Å². The number of piperazine rings is 1. The first kappa shape index (κ1) is 20.0. The fraction of sp³-hybridized carbons (Fsp3) is 0.238. The number of carbonyl (C=O) groups is 2. The number of pyridine rings is 1. The average molecular weight is 425 g/mol. The third kappa shape index (κ3) is 4.30. The molecule has 4 rings (SSSR count). The Bertz CT molecular complexity index is 1060. The highest BCUT2D eigenvalue weighted by Crippen LogP contribution is 2.24. The number of halogens is 1. The summed E-state index contributed by atoms with van der Waals surface area (Å²) in [5, 5.41) is 5.18. The molecule has 3 heterocycles. The lowest BCUT2D eigenvalue weighted by Crippen LogP contribution is -2.51. The van der Waals surface area contributed by atoms with Crippen LogP contribution in [0.25, 0.3) is 11.3 Å². The van der Waals surface area contributed by atoms with Gasteiger partial charge < -0.3 is 9.80 Å². The minimum absolute atomic E-state index is 0.227. The number of hydrogen-bond donors (Lipinski definition) is 1. The Morgan fingerprint density at radius 3 is 2.60 bits per heavy atom. The second-order valence-corrected chi connectivity index (χ2v) is 7.81. The first-order chi connectivity index (χ1) is 14.5. The van der Waals surface area contributed by atoms with Gasteiger partial charge in [-0.15, -0.1) is 11.3 Å². The lowest BCUT2D eigenvalue weighted by atomic mass is 10.1. The van der Waals surface area contributed by atoms with Gasteiger partial charge in [-0.05, 0) is 36.8 Å². The molecule has 9 heteroatoms. The maximum Gasteiger partial charge on any atom is 0.323 e. The summed E-state index contributed by atoms with van der Waals surface area (Å²) in [6.45, 7) is 3.23. The van der Waals surface area contributed by atoms with Crippen molar-refractivity contribution in [3.8, 4) is 11.3 Å². The van der Waals surface area contributed by atoms with Crippen LogP contribution in [0.5, 0.6) is 0 Å². The highest BCUT2D eigenvalue weighted by molar-refractivity contribution is 7.14. The first-order valence-corrected chi connectivity index (χ1v) is 10.4. The SMILES string of the molecule is Cc1ccc(C(=O)N2CCN(C(=O)Nc3nc(-c4cccnc4)cs3)CC2)cc1F. The van der Waals surface area contributed by atoms with E-state index in [4.69, 9.17) is 0 Å². The normalized spacial score (nSPS) is 13.9. The number of nitrogens with one attached hydrogen (secondary N) is 1. The Hall–Kier alpha value is -3.33. The van der Waals surface area contributed by atoms with Crippen molar-refractivity contribution < 1.29 is 14.0 Å². The maximum atomic E-state index is 13.8. The molecule has 1 saturated heterocycles. The predicted molar refractivity (Wildman–Crippen MR) is 113 cm³/mol. The van der Waals surface area contributed by atoms with Crippen molar-refractivity contribution in [1.29, 1.82) is 0 Å². The van der Waals surface area contributed by atoms with Gasteiger partial charge in [0, 0.05) is 55.1 Å². The fourth-order valence-corrected chi connectivity index (χ4v) is 3.88. The number of aromatic nitrogens is 2. The third-order valence-electron chi connectivity index (χ3n) is 4.95. The van der Waals surface area contributed by atoms with E-state index in [9.17, 15) is 14.0 Å². The summed E-state index contributed by atoms with van der Waals surface area (Å²) in [6, 6.07) is 7.97. The zero-order valence-electron chi connectivity index (χ0n) is 16.3. The van der Waals surface area contributed by atoms with Gasteiger partial charge in [0.1, 0.15) is 5.82 Å². The van der Waals surface area contributed by atoms with Gasteiger partial charge in [-0.2, -0.15) is 0 Å². The quantitative estimate of drug-likeness (QED) is 0.695. The number of nitrogens with zero attached hydrogens (tertiary/aromatic N) is 4. The van der Waals surface area contributed by atoms with E-state index in [1.807, 2.05) is 17.5 Å². The number of urea groups is 1. The smallest absolute Gasteiger partial charge is 0.323 e. The van der Waals surface area contributed by atoms with Crippen LogP contribution in [0, 0.1) is 12.7 Å². The van der Waals surface area contributed by atoms with Gasteiger partial charge in [0.25, 0.3) is 5.91 Å². The zero-order chi connectivity index (χ0) is 21.1. The summed E-state index contributed by atoms with van der Waals surface area (Å²) in [5.41, 5.74) is 2.46. The minimum Gasteiger partial charge on any atom is -0.335 e. The molecule has 0 saturated carbocycles.